The predicted octanol–water partition coefficient (Wildman–Crippen LogP) is 3.84. The van der Waals surface area contributed by atoms with Crippen LogP contribution in [0.1, 0.15) is 71.8 Å². The standard InChI is InChI=1S/C21H35N5O3.HI/c1-6-14-12-18(29-25-14)13-23-19(22-7-2)24-15-10-16-8-9-17(11-15)26(16)20(27)28-21(3,4)5;/h12,15-17H,6-11,13H2,1-5H3,(H2,22,23,24);1H. The first kappa shape index (κ1) is 24.7. The van der Waals surface area contributed by atoms with Crippen molar-refractivity contribution in [2.24, 2.45) is 4.99 Å². The van der Waals surface area contributed by atoms with Gasteiger partial charge < -0.3 is 24.8 Å². The minimum Gasteiger partial charge on any atom is -0.444 e. The van der Waals surface area contributed by atoms with Crippen LogP contribution in [0.4, 0.5) is 4.79 Å². The molecule has 0 radical (unpaired) electrons. The molecule has 0 saturated carbocycles. The number of fused-ring (bicyclic) bond motifs is 2. The second-order valence-corrected chi connectivity index (χ2v) is 8.92. The Morgan fingerprint density at radius 3 is 2.50 bits per heavy atom. The van der Waals surface area contributed by atoms with Crippen LogP contribution in [0.2, 0.25) is 0 Å². The van der Waals surface area contributed by atoms with Gasteiger partial charge in [-0.2, -0.15) is 0 Å². The fourth-order valence-electron chi connectivity index (χ4n) is 4.17. The Hall–Kier alpha value is -1.52. The summed E-state index contributed by atoms with van der Waals surface area (Å²) in [6.07, 6.45) is 4.55. The molecule has 9 heteroatoms. The molecular formula is C21H36IN5O3. The normalized spacial score (nSPS) is 23.7. The third-order valence-corrected chi connectivity index (χ3v) is 5.39. The van der Waals surface area contributed by atoms with E-state index in [9.17, 15) is 4.79 Å². The zero-order chi connectivity index (χ0) is 21.0. The average molecular weight is 533 g/mol. The van der Waals surface area contributed by atoms with Gasteiger partial charge in [0.2, 0.25) is 0 Å². The van der Waals surface area contributed by atoms with Crippen molar-refractivity contribution in [1.29, 1.82) is 0 Å². The number of hydrogen-bond acceptors (Lipinski definition) is 5. The molecule has 2 N–H and O–H groups in total. The van der Waals surface area contributed by atoms with Gasteiger partial charge in [-0.25, -0.2) is 9.79 Å². The summed E-state index contributed by atoms with van der Waals surface area (Å²) in [6, 6.07) is 2.69. The Morgan fingerprint density at radius 1 is 1.30 bits per heavy atom. The maximum atomic E-state index is 12.6. The van der Waals surface area contributed by atoms with E-state index in [-0.39, 0.29) is 48.2 Å². The quantitative estimate of drug-likeness (QED) is 0.340. The summed E-state index contributed by atoms with van der Waals surface area (Å²) >= 11 is 0. The monoisotopic (exact) mass is 533 g/mol. The summed E-state index contributed by atoms with van der Waals surface area (Å²) in [4.78, 5) is 19.2. The highest BCUT2D eigenvalue weighted by atomic mass is 127. The Morgan fingerprint density at radius 2 is 1.97 bits per heavy atom. The fourth-order valence-corrected chi connectivity index (χ4v) is 4.17. The number of rotatable bonds is 5. The van der Waals surface area contributed by atoms with Gasteiger partial charge in [0.25, 0.3) is 0 Å². The van der Waals surface area contributed by atoms with Crippen LogP contribution in [0.5, 0.6) is 0 Å². The van der Waals surface area contributed by atoms with E-state index in [0.717, 1.165) is 56.1 Å². The average Bonchev–Trinajstić information content (AvgIpc) is 3.21. The molecule has 0 spiro atoms. The number of carbonyl (C=O) groups excluding carboxylic acids is 1. The van der Waals surface area contributed by atoms with E-state index in [1.165, 1.54) is 0 Å². The van der Waals surface area contributed by atoms with Gasteiger partial charge in [0.1, 0.15) is 12.1 Å². The van der Waals surface area contributed by atoms with Crippen molar-refractivity contribution in [2.75, 3.05) is 6.54 Å². The van der Waals surface area contributed by atoms with Crippen molar-refractivity contribution in [3.63, 3.8) is 0 Å². The van der Waals surface area contributed by atoms with Crippen molar-refractivity contribution in [1.82, 2.24) is 20.7 Å². The van der Waals surface area contributed by atoms with Gasteiger partial charge in [-0.05, 0) is 59.8 Å². The largest absolute Gasteiger partial charge is 0.444 e. The molecule has 1 amide bonds. The van der Waals surface area contributed by atoms with Gasteiger partial charge in [0, 0.05) is 30.7 Å². The second-order valence-electron chi connectivity index (χ2n) is 8.92. The van der Waals surface area contributed by atoms with Crippen LogP contribution in [0, 0.1) is 0 Å². The molecule has 3 rings (SSSR count). The molecule has 2 fully saturated rings. The molecule has 2 aliphatic rings. The Balaban J connectivity index is 0.00000320. The SMILES string of the molecule is CCNC(=NCc1cc(CC)no1)NC1CC2CCC(C1)N2C(=O)OC(C)(C)C.I. The van der Waals surface area contributed by atoms with Crippen molar-refractivity contribution in [3.8, 4) is 0 Å². The first-order chi connectivity index (χ1) is 13.8. The molecule has 0 aromatic carbocycles. The van der Waals surface area contributed by atoms with E-state index < -0.39 is 5.60 Å². The predicted molar refractivity (Wildman–Crippen MR) is 127 cm³/mol. The highest BCUT2D eigenvalue weighted by molar-refractivity contribution is 14.0. The second kappa shape index (κ2) is 10.7. The number of aromatic nitrogens is 1. The number of halogens is 1. The lowest BCUT2D eigenvalue weighted by Gasteiger charge is -2.40. The molecular weight excluding hydrogens is 497 g/mol. The van der Waals surface area contributed by atoms with Gasteiger partial charge in [-0.3, -0.25) is 0 Å². The van der Waals surface area contributed by atoms with Gasteiger partial charge >= 0.3 is 6.09 Å². The number of nitrogens with zero attached hydrogens (tertiary/aromatic N) is 3. The molecule has 2 atom stereocenters. The number of carbonyl (C=O) groups is 1. The number of aliphatic imine (C=N–C) groups is 1. The molecule has 170 valence electrons. The lowest BCUT2D eigenvalue weighted by molar-refractivity contribution is 0.00545. The lowest BCUT2D eigenvalue weighted by atomic mass is 9.98. The molecule has 1 aromatic rings. The molecule has 2 bridgehead atoms. The van der Waals surface area contributed by atoms with Gasteiger partial charge in [0.15, 0.2) is 11.7 Å². The van der Waals surface area contributed by atoms with Crippen LogP contribution >= 0.6 is 24.0 Å². The van der Waals surface area contributed by atoms with Crippen LogP contribution in [0.15, 0.2) is 15.6 Å². The van der Waals surface area contributed by atoms with Crippen molar-refractivity contribution in [2.45, 2.75) is 97.0 Å². The summed E-state index contributed by atoms with van der Waals surface area (Å²) in [6.45, 7) is 11.1. The van der Waals surface area contributed by atoms with Crippen LogP contribution < -0.4 is 10.6 Å². The Labute approximate surface area is 196 Å². The topological polar surface area (TPSA) is 92.0 Å². The maximum absolute atomic E-state index is 12.6. The Bertz CT molecular complexity index is 716. The zero-order valence-electron chi connectivity index (χ0n) is 18.7. The summed E-state index contributed by atoms with van der Waals surface area (Å²) < 4.78 is 11.0. The molecule has 2 aliphatic heterocycles. The van der Waals surface area contributed by atoms with E-state index in [0.29, 0.717) is 6.54 Å². The first-order valence-electron chi connectivity index (χ1n) is 10.8. The minimum absolute atomic E-state index is 0. The smallest absolute Gasteiger partial charge is 0.410 e. The number of ether oxygens (including phenoxy) is 1. The third kappa shape index (κ3) is 6.49. The van der Waals surface area contributed by atoms with Crippen LogP contribution in [-0.4, -0.2) is 52.4 Å². The van der Waals surface area contributed by atoms with Crippen LogP contribution in [0.3, 0.4) is 0 Å². The van der Waals surface area contributed by atoms with Crippen LogP contribution in [-0.2, 0) is 17.7 Å². The number of nitrogens with one attached hydrogen (secondary N) is 2. The molecule has 3 heterocycles. The number of piperidine rings is 1. The number of hydrogen-bond donors (Lipinski definition) is 2. The number of aryl methyl sites for hydroxylation is 1. The fraction of sp³-hybridized carbons (Fsp3) is 0.762. The molecule has 0 aliphatic carbocycles. The van der Waals surface area contributed by atoms with Crippen LogP contribution in [0.25, 0.3) is 0 Å². The molecule has 30 heavy (non-hydrogen) atoms. The lowest BCUT2D eigenvalue weighted by Crippen LogP contribution is -2.55. The van der Waals surface area contributed by atoms with Crippen molar-refractivity contribution < 1.29 is 14.1 Å². The molecule has 2 saturated heterocycles. The minimum atomic E-state index is -0.463. The van der Waals surface area contributed by atoms with Gasteiger partial charge in [0.05, 0.1) is 5.69 Å². The highest BCUT2D eigenvalue weighted by Gasteiger charge is 2.45. The van der Waals surface area contributed by atoms with E-state index in [4.69, 9.17) is 9.26 Å². The molecule has 8 nitrogen and oxygen atoms in total. The van der Waals surface area contributed by atoms with Crippen molar-refractivity contribution in [3.05, 3.63) is 17.5 Å². The van der Waals surface area contributed by atoms with Gasteiger partial charge in [-0.15, -0.1) is 24.0 Å². The highest BCUT2D eigenvalue weighted by Crippen LogP contribution is 2.36. The van der Waals surface area contributed by atoms with E-state index in [2.05, 4.69) is 34.6 Å². The zero-order valence-corrected chi connectivity index (χ0v) is 21.1. The Kier molecular flexibility index (Phi) is 8.81. The van der Waals surface area contributed by atoms with Gasteiger partial charge in [-0.1, -0.05) is 12.1 Å². The van der Waals surface area contributed by atoms with Crippen molar-refractivity contribution >= 4 is 36.0 Å². The number of guanidine groups is 1. The summed E-state index contributed by atoms with van der Waals surface area (Å²) in [5.74, 6) is 1.54. The molecule has 1 aromatic heterocycles. The summed E-state index contributed by atoms with van der Waals surface area (Å²) in [7, 11) is 0. The third-order valence-electron chi connectivity index (χ3n) is 5.39. The van der Waals surface area contributed by atoms with E-state index >= 15 is 0 Å². The molecule has 2 unspecified atom stereocenters. The van der Waals surface area contributed by atoms with E-state index in [1.807, 2.05) is 31.7 Å². The van der Waals surface area contributed by atoms with E-state index in [1.54, 1.807) is 0 Å². The summed E-state index contributed by atoms with van der Waals surface area (Å²) in [5, 5.41) is 10.9. The summed E-state index contributed by atoms with van der Waals surface area (Å²) in [5.41, 5.74) is 0.480. The maximum Gasteiger partial charge on any atom is 0.410 e. The number of amides is 1. The first-order valence-corrected chi connectivity index (χ1v) is 10.8.